The third-order valence-electron chi connectivity index (χ3n) is 6.63. The van der Waals surface area contributed by atoms with Gasteiger partial charge < -0.3 is 34.7 Å². The highest BCUT2D eigenvalue weighted by Gasteiger charge is 2.32. The van der Waals surface area contributed by atoms with E-state index in [1.54, 1.807) is 56.3 Å². The van der Waals surface area contributed by atoms with Gasteiger partial charge in [0, 0.05) is 17.8 Å². The molecule has 0 radical (unpaired) electrons. The Morgan fingerprint density at radius 3 is 2.55 bits per heavy atom. The number of aliphatic hydroxyl groups excluding tert-OH is 1. The molecule has 4 rings (SSSR count). The third kappa shape index (κ3) is 9.03. The molecule has 0 spiro atoms. The highest BCUT2D eigenvalue weighted by atomic mass is 35.5. The fourth-order valence-electron chi connectivity index (χ4n) is 4.53. The van der Waals surface area contributed by atoms with Crippen LogP contribution in [0.2, 0.25) is 10.0 Å². The van der Waals surface area contributed by atoms with Crippen LogP contribution in [0.5, 0.6) is 17.2 Å². The molecule has 2 atom stereocenters. The first-order valence-corrected chi connectivity index (χ1v) is 14.8. The maximum absolute atomic E-state index is 12.4. The molecule has 0 aromatic heterocycles. The number of halogens is 2. The van der Waals surface area contributed by atoms with E-state index < -0.39 is 29.2 Å². The predicted octanol–water partition coefficient (Wildman–Crippen LogP) is 5.00. The molecule has 16 heteroatoms. The molecule has 248 valence electrons. The lowest BCUT2D eigenvalue weighted by Crippen LogP contribution is -2.45. The first-order chi connectivity index (χ1) is 22.5. The molecule has 1 heterocycles. The smallest absolute Gasteiger partial charge is 0.337 e. The maximum Gasteiger partial charge on any atom is 0.337 e. The number of hydrogen-bond acceptors (Lipinski definition) is 11. The number of non-ortho nitro benzene ring substituents is 1. The number of nitro groups is 1. The van der Waals surface area contributed by atoms with E-state index in [4.69, 9.17) is 42.1 Å². The Morgan fingerprint density at radius 1 is 1.13 bits per heavy atom. The minimum absolute atomic E-state index is 0.00984. The van der Waals surface area contributed by atoms with Crippen LogP contribution in [0.25, 0.3) is 0 Å². The second-order valence-corrected chi connectivity index (χ2v) is 10.8. The Labute approximate surface area is 279 Å². The molecule has 3 aromatic carbocycles. The van der Waals surface area contributed by atoms with E-state index in [2.05, 4.69) is 21.2 Å². The second-order valence-electron chi connectivity index (χ2n) is 9.94. The number of aliphatic hydroxyl groups is 1. The van der Waals surface area contributed by atoms with E-state index in [0.29, 0.717) is 40.5 Å². The average molecular weight is 689 g/mol. The van der Waals surface area contributed by atoms with Crippen molar-refractivity contribution in [1.82, 2.24) is 16.1 Å². The van der Waals surface area contributed by atoms with Gasteiger partial charge in [-0.15, -0.1) is 0 Å². The number of carbonyl (C=O) groups excluding carboxylic acids is 2. The van der Waals surface area contributed by atoms with Crippen molar-refractivity contribution in [1.29, 1.82) is 0 Å². The molecular formula is C31H31Cl2N5O9. The van der Waals surface area contributed by atoms with Crippen molar-refractivity contribution < 1.29 is 38.6 Å². The lowest BCUT2D eigenvalue weighted by Gasteiger charge is -2.28. The summed E-state index contributed by atoms with van der Waals surface area (Å²) in [5.74, 6) is 0.234. The summed E-state index contributed by atoms with van der Waals surface area (Å²) < 4.78 is 22.1. The van der Waals surface area contributed by atoms with E-state index in [1.165, 1.54) is 25.5 Å². The first-order valence-electron chi connectivity index (χ1n) is 14.1. The van der Waals surface area contributed by atoms with Gasteiger partial charge >= 0.3 is 12.0 Å². The van der Waals surface area contributed by atoms with Crippen molar-refractivity contribution in [3.63, 3.8) is 0 Å². The van der Waals surface area contributed by atoms with Crippen LogP contribution in [-0.4, -0.2) is 54.8 Å². The van der Waals surface area contributed by atoms with E-state index in [1.807, 2.05) is 0 Å². The lowest BCUT2D eigenvalue weighted by atomic mass is 9.95. The number of benzene rings is 3. The van der Waals surface area contributed by atoms with Crippen LogP contribution in [0, 0.1) is 10.1 Å². The Kier molecular flexibility index (Phi) is 11.8. The van der Waals surface area contributed by atoms with Gasteiger partial charge in [-0.25, -0.2) is 9.59 Å². The number of nitrogens with one attached hydrogen (secondary N) is 3. The van der Waals surface area contributed by atoms with Crippen molar-refractivity contribution in [2.75, 3.05) is 20.3 Å². The Hall–Kier alpha value is -5.05. The summed E-state index contributed by atoms with van der Waals surface area (Å²) in [5.41, 5.74) is 4.70. The highest BCUT2D eigenvalue weighted by molar-refractivity contribution is 6.37. The number of nitro benzene ring substituents is 1. The summed E-state index contributed by atoms with van der Waals surface area (Å²) in [6.45, 7) is 3.47. The van der Waals surface area contributed by atoms with Gasteiger partial charge in [0.25, 0.3) is 5.69 Å². The van der Waals surface area contributed by atoms with Crippen LogP contribution >= 0.6 is 23.2 Å². The summed E-state index contributed by atoms with van der Waals surface area (Å²) >= 11 is 12.7. The fraction of sp³-hybridized carbons (Fsp3) is 0.258. The number of nitrogens with zero attached hydrogens (tertiary/aromatic N) is 2. The molecule has 4 N–H and O–H groups in total. The maximum atomic E-state index is 12.4. The Morgan fingerprint density at radius 2 is 1.87 bits per heavy atom. The number of ether oxygens (including phenoxy) is 4. The number of hydrazone groups is 1. The van der Waals surface area contributed by atoms with Crippen LogP contribution in [0.3, 0.4) is 0 Å². The van der Waals surface area contributed by atoms with Crippen LogP contribution < -0.4 is 30.3 Å². The van der Waals surface area contributed by atoms with Gasteiger partial charge in [0.15, 0.2) is 23.5 Å². The average Bonchev–Trinajstić information content (AvgIpc) is 3.03. The van der Waals surface area contributed by atoms with Gasteiger partial charge in [-0.3, -0.25) is 15.5 Å². The van der Waals surface area contributed by atoms with Crippen molar-refractivity contribution >= 4 is 47.1 Å². The van der Waals surface area contributed by atoms with Crippen molar-refractivity contribution in [3.05, 3.63) is 103 Å². The predicted molar refractivity (Wildman–Crippen MR) is 173 cm³/mol. The number of amides is 2. The number of allylic oxidation sites excluding steroid dienone is 1. The standard InChI is InChI=1S/C31H31Cl2N5O9/c1-4-45-25-13-20(28-27(30(40)44-3)17(2)35-31(41)36-28)8-9-24(25)46-16-26(39)37-34-14-19-11-22(32)29(23(33)12-19)47-15-18-6-5-7-21(10-18)38(42)43/h5-14,26,28,37,39H,4,15-16H2,1-3H3,(H2,35,36,41)/b34-14-/t26-,28-/m1/s1. The molecule has 0 bridgehead atoms. The van der Waals surface area contributed by atoms with Gasteiger partial charge in [0.1, 0.15) is 13.2 Å². The summed E-state index contributed by atoms with van der Waals surface area (Å²) in [5, 5.41) is 31.1. The Balaban J connectivity index is 1.37. The van der Waals surface area contributed by atoms with Crippen LogP contribution in [0.15, 0.2) is 71.0 Å². The summed E-state index contributed by atoms with van der Waals surface area (Å²) in [6, 6.07) is 12.7. The lowest BCUT2D eigenvalue weighted by molar-refractivity contribution is -0.384. The second kappa shape index (κ2) is 16.0. The van der Waals surface area contributed by atoms with Gasteiger partial charge in [0.05, 0.1) is 46.5 Å². The number of esters is 1. The molecule has 0 unspecified atom stereocenters. The van der Waals surface area contributed by atoms with Crippen molar-refractivity contribution in [2.24, 2.45) is 5.10 Å². The number of carbonyl (C=O) groups is 2. The summed E-state index contributed by atoms with van der Waals surface area (Å²) in [4.78, 5) is 35.1. The van der Waals surface area contributed by atoms with E-state index >= 15 is 0 Å². The zero-order chi connectivity index (χ0) is 34.1. The van der Waals surface area contributed by atoms with Crippen molar-refractivity contribution in [2.45, 2.75) is 32.7 Å². The molecule has 2 amide bonds. The largest absolute Gasteiger partial charge is 0.490 e. The molecular weight excluding hydrogens is 657 g/mol. The molecule has 1 aliphatic rings. The number of urea groups is 1. The highest BCUT2D eigenvalue weighted by Crippen LogP contribution is 2.36. The Bertz CT molecular complexity index is 1690. The number of rotatable bonds is 14. The normalized spacial score (nSPS) is 15.0. The van der Waals surface area contributed by atoms with Crippen LogP contribution in [0.1, 0.15) is 36.6 Å². The van der Waals surface area contributed by atoms with E-state index in [0.717, 1.165) is 0 Å². The van der Waals surface area contributed by atoms with Gasteiger partial charge in [-0.2, -0.15) is 5.10 Å². The van der Waals surface area contributed by atoms with E-state index in [-0.39, 0.29) is 40.3 Å². The van der Waals surface area contributed by atoms with Crippen LogP contribution in [-0.2, 0) is 16.1 Å². The van der Waals surface area contributed by atoms with E-state index in [9.17, 15) is 24.8 Å². The van der Waals surface area contributed by atoms with Crippen molar-refractivity contribution in [3.8, 4) is 17.2 Å². The molecule has 0 fully saturated rings. The monoisotopic (exact) mass is 687 g/mol. The zero-order valence-corrected chi connectivity index (χ0v) is 26.9. The molecule has 0 aliphatic carbocycles. The molecule has 1 aliphatic heterocycles. The molecule has 0 saturated heterocycles. The minimum atomic E-state index is -1.23. The first kappa shape index (κ1) is 34.8. The summed E-state index contributed by atoms with van der Waals surface area (Å²) in [6.07, 6.45) is 0.150. The number of methoxy groups -OCH3 is 1. The summed E-state index contributed by atoms with van der Waals surface area (Å²) in [7, 11) is 1.25. The quantitative estimate of drug-likeness (QED) is 0.0591. The topological polar surface area (TPSA) is 183 Å². The molecule has 14 nitrogen and oxygen atoms in total. The molecule has 0 saturated carbocycles. The van der Waals surface area contributed by atoms with Crippen LogP contribution in [0.4, 0.5) is 10.5 Å². The van der Waals surface area contributed by atoms with Gasteiger partial charge in [-0.05, 0) is 54.8 Å². The van der Waals surface area contributed by atoms with Gasteiger partial charge in [-0.1, -0.05) is 41.4 Å². The minimum Gasteiger partial charge on any atom is -0.490 e. The third-order valence-corrected chi connectivity index (χ3v) is 7.20. The molecule has 47 heavy (non-hydrogen) atoms. The zero-order valence-electron chi connectivity index (χ0n) is 25.4. The molecule has 3 aromatic rings. The fourth-order valence-corrected chi connectivity index (χ4v) is 5.14. The van der Waals surface area contributed by atoms with Gasteiger partial charge in [0.2, 0.25) is 0 Å². The SMILES string of the molecule is CCOc1cc([C@H]2NC(=O)NC(C)=C2C(=O)OC)ccc1OC[C@@H](O)N/N=C\c1cc(Cl)c(OCc2cccc([N+](=O)[O-])c2)c(Cl)c1. The number of hydrogen-bond donors (Lipinski definition) is 4.